The minimum Gasteiger partial charge on any atom is -0.354 e. The summed E-state index contributed by atoms with van der Waals surface area (Å²) in [5, 5.41) is 7.82. The van der Waals surface area contributed by atoms with Crippen LogP contribution in [-0.4, -0.2) is 45.6 Å². The van der Waals surface area contributed by atoms with Crippen LogP contribution in [0.3, 0.4) is 0 Å². The summed E-state index contributed by atoms with van der Waals surface area (Å²) < 4.78 is 1.86. The molecule has 1 fully saturated rings. The predicted octanol–water partition coefficient (Wildman–Crippen LogP) is 4.59. The molecule has 0 radical (unpaired) electrons. The largest absolute Gasteiger partial charge is 0.354 e. The number of aromatic nitrogens is 2. The molecule has 0 unspecified atom stereocenters. The van der Waals surface area contributed by atoms with Crippen molar-refractivity contribution in [3.05, 3.63) is 77.0 Å². The van der Waals surface area contributed by atoms with Gasteiger partial charge in [-0.15, -0.1) is 0 Å². The Hall–Kier alpha value is -3.41. The van der Waals surface area contributed by atoms with Crippen molar-refractivity contribution >= 4 is 11.8 Å². The number of carbonyl (C=O) groups excluding carboxylic acids is 2. The van der Waals surface area contributed by atoms with E-state index in [9.17, 15) is 9.59 Å². The molecule has 178 valence electrons. The fourth-order valence-electron chi connectivity index (χ4n) is 4.38. The van der Waals surface area contributed by atoms with Crippen LogP contribution < -0.4 is 5.32 Å². The maximum Gasteiger partial charge on any atom is 0.257 e. The van der Waals surface area contributed by atoms with Crippen LogP contribution in [0.5, 0.6) is 0 Å². The Balaban J connectivity index is 1.56. The molecule has 34 heavy (non-hydrogen) atoms. The fourth-order valence-corrected chi connectivity index (χ4v) is 4.38. The molecule has 1 aliphatic heterocycles. The number of aryl methyl sites for hydroxylation is 2. The van der Waals surface area contributed by atoms with Crippen molar-refractivity contribution < 1.29 is 9.59 Å². The van der Waals surface area contributed by atoms with Crippen LogP contribution in [0, 0.1) is 19.8 Å². The van der Waals surface area contributed by atoms with E-state index in [1.807, 2.05) is 60.8 Å². The van der Waals surface area contributed by atoms with E-state index >= 15 is 0 Å². The first kappa shape index (κ1) is 23.7. The van der Waals surface area contributed by atoms with Crippen LogP contribution in [0.4, 0.5) is 0 Å². The minimum absolute atomic E-state index is 0.0200. The number of nitrogens with one attached hydrogen (secondary N) is 1. The summed E-state index contributed by atoms with van der Waals surface area (Å²) in [6.45, 7) is 9.81. The Morgan fingerprint density at radius 2 is 1.56 bits per heavy atom. The van der Waals surface area contributed by atoms with Gasteiger partial charge in [-0.3, -0.25) is 14.3 Å². The van der Waals surface area contributed by atoms with E-state index in [0.717, 1.165) is 16.7 Å². The number of rotatable bonds is 6. The molecule has 2 amide bonds. The Kier molecular flexibility index (Phi) is 7.15. The number of hydrogen-bond donors (Lipinski definition) is 1. The molecule has 2 aromatic carbocycles. The van der Waals surface area contributed by atoms with Gasteiger partial charge in [-0.2, -0.15) is 5.10 Å². The van der Waals surface area contributed by atoms with Gasteiger partial charge in [0.2, 0.25) is 5.91 Å². The lowest BCUT2D eigenvalue weighted by Crippen LogP contribution is -2.44. The van der Waals surface area contributed by atoms with Crippen molar-refractivity contribution in [2.24, 2.45) is 5.92 Å². The van der Waals surface area contributed by atoms with Crippen LogP contribution in [0.1, 0.15) is 53.7 Å². The van der Waals surface area contributed by atoms with E-state index in [4.69, 9.17) is 5.10 Å². The molecular weight excluding hydrogens is 424 g/mol. The van der Waals surface area contributed by atoms with Crippen LogP contribution in [0.2, 0.25) is 0 Å². The first-order valence-corrected chi connectivity index (χ1v) is 12.1. The third-order valence-electron chi connectivity index (χ3n) is 6.37. The van der Waals surface area contributed by atoms with Gasteiger partial charge < -0.3 is 10.2 Å². The summed E-state index contributed by atoms with van der Waals surface area (Å²) >= 11 is 0. The average Bonchev–Trinajstić information content (AvgIpc) is 3.24. The van der Waals surface area contributed by atoms with E-state index in [2.05, 4.69) is 36.5 Å². The highest BCUT2D eigenvalue weighted by atomic mass is 16.2. The van der Waals surface area contributed by atoms with Crippen molar-refractivity contribution in [1.82, 2.24) is 20.0 Å². The third-order valence-corrected chi connectivity index (χ3v) is 6.37. The highest BCUT2D eigenvalue weighted by Gasteiger charge is 2.30. The molecule has 2 heterocycles. The van der Waals surface area contributed by atoms with Crippen molar-refractivity contribution in [2.45, 2.75) is 53.1 Å². The fraction of sp³-hybridized carbons (Fsp3) is 0.393. The van der Waals surface area contributed by atoms with E-state index in [-0.39, 0.29) is 23.8 Å². The summed E-state index contributed by atoms with van der Waals surface area (Å²) in [4.78, 5) is 27.9. The third kappa shape index (κ3) is 5.56. The maximum absolute atomic E-state index is 13.6. The quantitative estimate of drug-likeness (QED) is 0.587. The monoisotopic (exact) mass is 458 g/mol. The minimum atomic E-state index is -0.0349. The molecule has 0 bridgehead atoms. The topological polar surface area (TPSA) is 67.2 Å². The first-order chi connectivity index (χ1) is 16.3. The Labute approximate surface area is 202 Å². The molecule has 0 aliphatic carbocycles. The van der Waals surface area contributed by atoms with Crippen LogP contribution in [0.25, 0.3) is 11.3 Å². The second-order valence-electron chi connectivity index (χ2n) is 9.67. The lowest BCUT2D eigenvalue weighted by molar-refractivity contribution is -0.126. The van der Waals surface area contributed by atoms with Gasteiger partial charge >= 0.3 is 0 Å². The normalized spacial score (nSPS) is 14.4. The molecule has 4 rings (SSSR count). The van der Waals surface area contributed by atoms with Crippen LogP contribution in [-0.2, 0) is 11.3 Å². The number of piperidine rings is 1. The summed E-state index contributed by atoms with van der Waals surface area (Å²) in [5.74, 6) is 0.0362. The predicted molar refractivity (Wildman–Crippen MR) is 135 cm³/mol. The van der Waals surface area contributed by atoms with Gasteiger partial charge in [-0.25, -0.2) is 0 Å². The number of likely N-dealkylation sites (tertiary alicyclic amines) is 1. The zero-order chi connectivity index (χ0) is 24.2. The van der Waals surface area contributed by atoms with E-state index < -0.39 is 0 Å². The number of carbonyl (C=O) groups is 2. The molecule has 0 atom stereocenters. The zero-order valence-electron chi connectivity index (χ0n) is 20.5. The van der Waals surface area contributed by atoms with E-state index in [1.54, 1.807) is 0 Å². The van der Waals surface area contributed by atoms with Gasteiger partial charge in [0.05, 0.1) is 12.1 Å². The zero-order valence-corrected chi connectivity index (χ0v) is 20.5. The Morgan fingerprint density at radius 1 is 0.971 bits per heavy atom. The van der Waals surface area contributed by atoms with Gasteiger partial charge in [0.25, 0.3) is 5.91 Å². The summed E-state index contributed by atoms with van der Waals surface area (Å²) in [6.07, 6.45) is 3.23. The SMILES string of the molecule is Cc1ccc(Cn2cc(C(=O)N3CCC(C(=O)NC(C)C)CC3)c(-c3ccc(C)cc3)n2)cc1. The number of hydrogen-bond acceptors (Lipinski definition) is 3. The molecule has 6 heteroatoms. The van der Waals surface area contributed by atoms with Gasteiger partial charge in [-0.05, 0) is 46.1 Å². The number of nitrogens with zero attached hydrogens (tertiary/aromatic N) is 3. The Morgan fingerprint density at radius 3 is 2.15 bits per heavy atom. The standard InChI is InChI=1S/C28H34N4O2/c1-19(2)29-27(33)24-13-15-31(16-14-24)28(34)25-18-32(17-22-9-5-20(3)6-10-22)30-26(25)23-11-7-21(4)8-12-23/h5-12,18-19,24H,13-17H2,1-4H3,(H,29,33). The summed E-state index contributed by atoms with van der Waals surface area (Å²) in [5.41, 5.74) is 5.77. The van der Waals surface area contributed by atoms with Crippen molar-refractivity contribution in [1.29, 1.82) is 0 Å². The Bertz CT molecular complexity index is 1140. The highest BCUT2D eigenvalue weighted by Crippen LogP contribution is 2.26. The smallest absolute Gasteiger partial charge is 0.257 e. The molecule has 1 N–H and O–H groups in total. The lowest BCUT2D eigenvalue weighted by atomic mass is 9.95. The molecule has 1 saturated heterocycles. The van der Waals surface area contributed by atoms with Gasteiger partial charge in [-0.1, -0.05) is 59.7 Å². The van der Waals surface area contributed by atoms with Gasteiger partial charge in [0.15, 0.2) is 0 Å². The lowest BCUT2D eigenvalue weighted by Gasteiger charge is -2.31. The second kappa shape index (κ2) is 10.2. The average molecular weight is 459 g/mol. The van der Waals surface area contributed by atoms with Gasteiger partial charge in [0, 0.05) is 36.8 Å². The molecule has 3 aromatic rings. The highest BCUT2D eigenvalue weighted by molar-refractivity contribution is 6.00. The molecule has 1 aromatic heterocycles. The number of benzene rings is 2. The van der Waals surface area contributed by atoms with Crippen molar-refractivity contribution in [3.63, 3.8) is 0 Å². The van der Waals surface area contributed by atoms with Crippen LogP contribution >= 0.6 is 0 Å². The van der Waals surface area contributed by atoms with Crippen LogP contribution in [0.15, 0.2) is 54.7 Å². The molecule has 6 nitrogen and oxygen atoms in total. The summed E-state index contributed by atoms with van der Waals surface area (Å²) in [6, 6.07) is 16.6. The van der Waals surface area contributed by atoms with E-state index in [1.165, 1.54) is 5.56 Å². The van der Waals surface area contributed by atoms with E-state index in [0.29, 0.717) is 43.7 Å². The first-order valence-electron chi connectivity index (χ1n) is 12.1. The summed E-state index contributed by atoms with van der Waals surface area (Å²) in [7, 11) is 0. The number of amides is 2. The molecule has 0 spiro atoms. The molecule has 1 aliphatic rings. The maximum atomic E-state index is 13.6. The second-order valence-corrected chi connectivity index (χ2v) is 9.67. The molecular formula is C28H34N4O2. The van der Waals surface area contributed by atoms with Crippen molar-refractivity contribution in [2.75, 3.05) is 13.1 Å². The van der Waals surface area contributed by atoms with Gasteiger partial charge in [0.1, 0.15) is 5.69 Å². The molecule has 0 saturated carbocycles. The van der Waals surface area contributed by atoms with Crippen molar-refractivity contribution in [3.8, 4) is 11.3 Å².